The van der Waals surface area contributed by atoms with Crippen LogP contribution in [0.3, 0.4) is 0 Å². The fourth-order valence-electron chi connectivity index (χ4n) is 3.54. The summed E-state index contributed by atoms with van der Waals surface area (Å²) >= 11 is 3.41. The van der Waals surface area contributed by atoms with Crippen molar-refractivity contribution in [3.8, 4) is 0 Å². The van der Waals surface area contributed by atoms with Gasteiger partial charge in [-0.05, 0) is 73.0 Å². The number of carbonyl (C=O) groups excluding carboxylic acids is 2. The number of carbonyl (C=O) groups is 2. The summed E-state index contributed by atoms with van der Waals surface area (Å²) in [6.45, 7) is 7.19. The Labute approximate surface area is 174 Å². The standard InChI is InChI=1S/C22H26BrN3O2/c1-3-25(4-2)22(28)18-15-16(11-12-20(18)26-13-7-8-14-26)24-21(27)17-9-5-6-10-19(17)23/h5-6,9-12,15H,3-4,7-8,13-14H2,1-2H3,(H,24,27). The second-order valence-electron chi connectivity index (χ2n) is 6.84. The van der Waals surface area contributed by atoms with Crippen molar-refractivity contribution in [2.45, 2.75) is 26.7 Å². The van der Waals surface area contributed by atoms with Crippen LogP contribution in [0.2, 0.25) is 0 Å². The molecule has 2 amide bonds. The molecule has 5 nitrogen and oxygen atoms in total. The number of benzene rings is 2. The lowest BCUT2D eigenvalue weighted by atomic mass is 10.1. The maximum atomic E-state index is 13.1. The second kappa shape index (κ2) is 9.24. The van der Waals surface area contributed by atoms with E-state index >= 15 is 0 Å². The summed E-state index contributed by atoms with van der Waals surface area (Å²) in [5.41, 5.74) is 2.78. The molecule has 1 heterocycles. The van der Waals surface area contributed by atoms with Gasteiger partial charge in [0.2, 0.25) is 0 Å². The molecule has 0 atom stereocenters. The molecule has 0 spiro atoms. The molecular formula is C22H26BrN3O2. The summed E-state index contributed by atoms with van der Waals surface area (Å²) < 4.78 is 0.737. The van der Waals surface area contributed by atoms with Gasteiger partial charge in [0.1, 0.15) is 0 Å². The Morgan fingerprint density at radius 3 is 2.36 bits per heavy atom. The summed E-state index contributed by atoms with van der Waals surface area (Å²) in [7, 11) is 0. The van der Waals surface area contributed by atoms with Crippen molar-refractivity contribution < 1.29 is 9.59 Å². The molecule has 0 unspecified atom stereocenters. The van der Waals surface area contributed by atoms with Gasteiger partial charge in [0.25, 0.3) is 11.8 Å². The maximum Gasteiger partial charge on any atom is 0.256 e. The van der Waals surface area contributed by atoms with Gasteiger partial charge in [0, 0.05) is 42.0 Å². The van der Waals surface area contributed by atoms with Crippen LogP contribution in [0.5, 0.6) is 0 Å². The molecule has 0 bridgehead atoms. The Kier molecular flexibility index (Phi) is 6.73. The minimum Gasteiger partial charge on any atom is -0.371 e. The van der Waals surface area contributed by atoms with Crippen LogP contribution in [0.1, 0.15) is 47.4 Å². The van der Waals surface area contributed by atoms with E-state index in [1.807, 2.05) is 55.1 Å². The van der Waals surface area contributed by atoms with Crippen LogP contribution >= 0.6 is 15.9 Å². The molecule has 0 aliphatic carbocycles. The van der Waals surface area contributed by atoms with E-state index in [1.54, 1.807) is 6.07 Å². The first-order valence-electron chi connectivity index (χ1n) is 9.79. The molecule has 0 saturated carbocycles. The zero-order chi connectivity index (χ0) is 20.1. The topological polar surface area (TPSA) is 52.7 Å². The summed E-state index contributed by atoms with van der Waals surface area (Å²) in [5, 5.41) is 2.93. The van der Waals surface area contributed by atoms with Gasteiger partial charge in [0.05, 0.1) is 11.1 Å². The van der Waals surface area contributed by atoms with E-state index in [9.17, 15) is 9.59 Å². The number of rotatable bonds is 6. The van der Waals surface area contributed by atoms with E-state index in [0.717, 1.165) is 36.1 Å². The van der Waals surface area contributed by atoms with E-state index < -0.39 is 0 Å². The van der Waals surface area contributed by atoms with Gasteiger partial charge in [-0.15, -0.1) is 0 Å². The van der Waals surface area contributed by atoms with Crippen LogP contribution < -0.4 is 10.2 Å². The number of nitrogens with zero attached hydrogens (tertiary/aromatic N) is 2. The normalized spacial score (nSPS) is 13.5. The Morgan fingerprint density at radius 1 is 1.04 bits per heavy atom. The number of amides is 2. The van der Waals surface area contributed by atoms with Gasteiger partial charge in [0.15, 0.2) is 0 Å². The minimum absolute atomic E-state index is 0.00360. The molecule has 0 radical (unpaired) electrons. The van der Waals surface area contributed by atoms with Gasteiger partial charge < -0.3 is 15.1 Å². The van der Waals surface area contributed by atoms with E-state index in [-0.39, 0.29) is 11.8 Å². The van der Waals surface area contributed by atoms with E-state index in [4.69, 9.17) is 0 Å². The summed E-state index contributed by atoms with van der Waals surface area (Å²) in [4.78, 5) is 29.9. The molecule has 2 aromatic rings. The molecular weight excluding hydrogens is 418 g/mol. The van der Waals surface area contributed by atoms with E-state index in [1.165, 1.54) is 0 Å². The molecule has 28 heavy (non-hydrogen) atoms. The van der Waals surface area contributed by atoms with Crippen LogP contribution in [0, 0.1) is 0 Å². The lowest BCUT2D eigenvalue weighted by Crippen LogP contribution is -2.32. The maximum absolute atomic E-state index is 13.1. The quantitative estimate of drug-likeness (QED) is 0.698. The molecule has 1 N–H and O–H groups in total. The fraction of sp³-hybridized carbons (Fsp3) is 0.364. The lowest BCUT2D eigenvalue weighted by Gasteiger charge is -2.25. The predicted octanol–water partition coefficient (Wildman–Crippen LogP) is 4.78. The molecule has 0 aromatic heterocycles. The highest BCUT2D eigenvalue weighted by Crippen LogP contribution is 2.29. The van der Waals surface area contributed by atoms with E-state index in [0.29, 0.717) is 29.9 Å². The highest BCUT2D eigenvalue weighted by Gasteiger charge is 2.23. The van der Waals surface area contributed by atoms with Gasteiger partial charge in [-0.3, -0.25) is 9.59 Å². The van der Waals surface area contributed by atoms with Crippen LogP contribution in [-0.2, 0) is 0 Å². The number of anilines is 2. The number of hydrogen-bond donors (Lipinski definition) is 1. The van der Waals surface area contributed by atoms with E-state index in [2.05, 4.69) is 26.1 Å². The smallest absolute Gasteiger partial charge is 0.256 e. The van der Waals surface area contributed by atoms with Gasteiger partial charge in [-0.25, -0.2) is 0 Å². The predicted molar refractivity (Wildman–Crippen MR) is 117 cm³/mol. The molecule has 1 aliphatic rings. The molecule has 1 saturated heterocycles. The SMILES string of the molecule is CCN(CC)C(=O)c1cc(NC(=O)c2ccccc2Br)ccc1N1CCCC1. The first kappa shape index (κ1) is 20.4. The summed E-state index contributed by atoms with van der Waals surface area (Å²) in [6.07, 6.45) is 2.28. The Hall–Kier alpha value is -2.34. The summed E-state index contributed by atoms with van der Waals surface area (Å²) in [5.74, 6) is -0.202. The highest BCUT2D eigenvalue weighted by molar-refractivity contribution is 9.10. The molecule has 3 rings (SSSR count). The number of nitrogens with one attached hydrogen (secondary N) is 1. The van der Waals surface area contributed by atoms with Gasteiger partial charge >= 0.3 is 0 Å². The van der Waals surface area contributed by atoms with Crippen molar-refractivity contribution in [3.63, 3.8) is 0 Å². The third-order valence-electron chi connectivity index (χ3n) is 5.10. The fourth-order valence-corrected chi connectivity index (χ4v) is 4.01. The Balaban J connectivity index is 1.92. The molecule has 1 aliphatic heterocycles. The second-order valence-corrected chi connectivity index (χ2v) is 7.69. The van der Waals surface area contributed by atoms with Crippen molar-refractivity contribution in [1.29, 1.82) is 0 Å². The van der Waals surface area contributed by atoms with Crippen molar-refractivity contribution in [2.24, 2.45) is 0 Å². The highest BCUT2D eigenvalue weighted by atomic mass is 79.9. The average molecular weight is 444 g/mol. The van der Waals surface area contributed by atoms with Crippen molar-refractivity contribution in [3.05, 3.63) is 58.1 Å². The number of halogens is 1. The molecule has 1 fully saturated rings. The first-order chi connectivity index (χ1) is 13.5. The lowest BCUT2D eigenvalue weighted by molar-refractivity contribution is 0.0773. The third kappa shape index (κ3) is 4.38. The van der Waals surface area contributed by atoms with Crippen LogP contribution in [0.25, 0.3) is 0 Å². The average Bonchev–Trinajstić information content (AvgIpc) is 3.23. The number of hydrogen-bond acceptors (Lipinski definition) is 3. The molecule has 6 heteroatoms. The van der Waals surface area contributed by atoms with Crippen LogP contribution in [-0.4, -0.2) is 42.9 Å². The van der Waals surface area contributed by atoms with Crippen molar-refractivity contribution in [2.75, 3.05) is 36.4 Å². The molecule has 2 aromatic carbocycles. The first-order valence-corrected chi connectivity index (χ1v) is 10.6. The third-order valence-corrected chi connectivity index (χ3v) is 5.79. The van der Waals surface area contributed by atoms with Crippen LogP contribution in [0.15, 0.2) is 46.9 Å². The van der Waals surface area contributed by atoms with Gasteiger partial charge in [-0.1, -0.05) is 12.1 Å². The zero-order valence-corrected chi connectivity index (χ0v) is 18.0. The minimum atomic E-state index is -0.206. The van der Waals surface area contributed by atoms with Crippen molar-refractivity contribution >= 4 is 39.1 Å². The Bertz CT molecular complexity index is 859. The molecule has 148 valence electrons. The van der Waals surface area contributed by atoms with Crippen molar-refractivity contribution in [1.82, 2.24) is 4.90 Å². The van der Waals surface area contributed by atoms with Gasteiger partial charge in [-0.2, -0.15) is 0 Å². The van der Waals surface area contributed by atoms with Crippen LogP contribution in [0.4, 0.5) is 11.4 Å². The largest absolute Gasteiger partial charge is 0.371 e. The zero-order valence-electron chi connectivity index (χ0n) is 16.4. The monoisotopic (exact) mass is 443 g/mol. The summed E-state index contributed by atoms with van der Waals surface area (Å²) in [6, 6.07) is 12.9. The Morgan fingerprint density at radius 2 is 1.71 bits per heavy atom.